The van der Waals surface area contributed by atoms with Gasteiger partial charge in [-0.2, -0.15) is 0 Å². The van der Waals surface area contributed by atoms with E-state index in [1.807, 2.05) is 30.3 Å². The predicted octanol–water partition coefficient (Wildman–Crippen LogP) is 8.34. The molecule has 5 N–H and O–H groups in total. The summed E-state index contributed by atoms with van der Waals surface area (Å²) in [6.07, 6.45) is 4.50. The molecule has 3 aromatic rings. The predicted molar refractivity (Wildman–Crippen MR) is 279 cm³/mol. The number of fused-ring (bicyclic) bond motifs is 3. The van der Waals surface area contributed by atoms with Crippen molar-refractivity contribution < 1.29 is 52.5 Å². The number of nitrogens with one attached hydrogen (secondary N) is 5. The Balaban J connectivity index is 1.10. The number of aromatic nitrogens is 1. The number of carbonyl (C=O) groups excluding carboxylic acids is 7. The van der Waals surface area contributed by atoms with Crippen molar-refractivity contribution >= 4 is 57.8 Å². The Bertz CT molecular complexity index is 2340. The maximum absolute atomic E-state index is 13.8. The normalized spacial score (nSPS) is 16.8. The molecule has 73 heavy (non-hydrogen) atoms. The van der Waals surface area contributed by atoms with E-state index >= 15 is 0 Å². The van der Waals surface area contributed by atoms with Crippen LogP contribution >= 0.6 is 15.9 Å². The van der Waals surface area contributed by atoms with Gasteiger partial charge in [-0.3, -0.25) is 19.4 Å². The molecule has 5 amide bonds. The number of urea groups is 1. The van der Waals surface area contributed by atoms with Crippen LogP contribution < -0.4 is 26.6 Å². The van der Waals surface area contributed by atoms with E-state index < -0.39 is 70.9 Å². The summed E-state index contributed by atoms with van der Waals surface area (Å²) in [5, 5.41) is 14.0. The van der Waals surface area contributed by atoms with Gasteiger partial charge in [0, 0.05) is 54.1 Å². The molecule has 18 heteroatoms. The number of alkyl carbamates (subject to hydrolysis) is 1. The number of pyridine rings is 1. The first-order valence-electron chi connectivity index (χ1n) is 25.4. The van der Waals surface area contributed by atoms with Gasteiger partial charge in [0.1, 0.15) is 41.5 Å². The lowest BCUT2D eigenvalue weighted by atomic mass is 9.81. The quantitative estimate of drug-likeness (QED) is 0.0385. The molecule has 17 nitrogen and oxygen atoms in total. The highest BCUT2D eigenvalue weighted by Gasteiger charge is 2.34. The second-order valence-corrected chi connectivity index (χ2v) is 22.8. The van der Waals surface area contributed by atoms with Crippen LogP contribution in [0.2, 0.25) is 0 Å². The number of rotatable bonds is 21. The fourth-order valence-corrected chi connectivity index (χ4v) is 9.04. The molecule has 0 bridgehead atoms. The SMILES string of the molecule is CC(C)(C)OC(=O)CC[C@H](NC(=O)N[C@@H](CCCCNC(=O)[C@H](Cc1ccc(Br)cn1)NC(=O)C1CCC(CNC(=O)OCC2c3ccccc3-c3ccccc32)CC1)C(=O)OC(C)(C)C)C(=O)OC(C)(C)C. The van der Waals surface area contributed by atoms with Gasteiger partial charge in [0.2, 0.25) is 11.8 Å². The first kappa shape index (κ1) is 57.9. The Morgan fingerprint density at radius 2 is 1.22 bits per heavy atom. The van der Waals surface area contributed by atoms with Crippen LogP contribution in [0.4, 0.5) is 9.59 Å². The number of unbranched alkanes of at least 4 members (excludes halogenated alkanes) is 1. The summed E-state index contributed by atoms with van der Waals surface area (Å²) in [4.78, 5) is 97.3. The third-order valence-corrected chi connectivity index (χ3v) is 12.7. The molecule has 398 valence electrons. The third-order valence-electron chi connectivity index (χ3n) is 12.2. The molecule has 5 rings (SSSR count). The molecule has 3 atom stereocenters. The van der Waals surface area contributed by atoms with E-state index in [1.165, 1.54) is 0 Å². The number of hydrogen-bond donors (Lipinski definition) is 5. The van der Waals surface area contributed by atoms with Crippen molar-refractivity contribution in [3.05, 3.63) is 88.2 Å². The van der Waals surface area contributed by atoms with Crippen LogP contribution in [0.25, 0.3) is 11.1 Å². The molecule has 2 aliphatic carbocycles. The van der Waals surface area contributed by atoms with Gasteiger partial charge in [-0.15, -0.1) is 0 Å². The Labute approximate surface area is 438 Å². The van der Waals surface area contributed by atoms with Gasteiger partial charge >= 0.3 is 30.0 Å². The van der Waals surface area contributed by atoms with Crippen molar-refractivity contribution in [2.24, 2.45) is 11.8 Å². The Morgan fingerprint density at radius 1 is 0.658 bits per heavy atom. The van der Waals surface area contributed by atoms with Crippen LogP contribution in [0.3, 0.4) is 0 Å². The van der Waals surface area contributed by atoms with Crippen LogP contribution in [-0.4, -0.2) is 101 Å². The van der Waals surface area contributed by atoms with Crippen molar-refractivity contribution in [3.8, 4) is 11.1 Å². The molecule has 1 heterocycles. The number of benzene rings is 2. The van der Waals surface area contributed by atoms with Crippen LogP contribution in [0.15, 0.2) is 71.3 Å². The Hall–Kier alpha value is -6.04. The van der Waals surface area contributed by atoms with Gasteiger partial charge in [0.15, 0.2) is 0 Å². The van der Waals surface area contributed by atoms with Gasteiger partial charge in [-0.25, -0.2) is 19.2 Å². The minimum Gasteiger partial charge on any atom is -0.460 e. The summed E-state index contributed by atoms with van der Waals surface area (Å²) < 4.78 is 23.0. The van der Waals surface area contributed by atoms with Gasteiger partial charge in [0.05, 0.1) is 0 Å². The Kier molecular flexibility index (Phi) is 20.8. The summed E-state index contributed by atoms with van der Waals surface area (Å²) in [5.74, 6) is -2.84. The molecule has 0 unspecified atom stereocenters. The molecule has 1 saturated carbocycles. The van der Waals surface area contributed by atoms with E-state index in [9.17, 15) is 33.6 Å². The summed E-state index contributed by atoms with van der Waals surface area (Å²) >= 11 is 3.40. The highest BCUT2D eigenvalue weighted by atomic mass is 79.9. The van der Waals surface area contributed by atoms with Crippen molar-refractivity contribution in [1.82, 2.24) is 31.6 Å². The summed E-state index contributed by atoms with van der Waals surface area (Å²) in [6, 6.07) is 15.8. The topological polar surface area (TPSA) is 229 Å². The van der Waals surface area contributed by atoms with E-state index in [0.717, 1.165) is 26.7 Å². The molecule has 0 spiro atoms. The van der Waals surface area contributed by atoms with Crippen LogP contribution in [0.1, 0.15) is 143 Å². The number of ether oxygens (including phenoxy) is 4. The van der Waals surface area contributed by atoms with Gasteiger partial charge in [-0.05, 0) is 170 Å². The minimum absolute atomic E-state index is 0.0357. The van der Waals surface area contributed by atoms with Gasteiger partial charge in [0.25, 0.3) is 0 Å². The second-order valence-electron chi connectivity index (χ2n) is 21.9. The molecule has 0 radical (unpaired) electrons. The maximum atomic E-state index is 13.8. The summed E-state index contributed by atoms with van der Waals surface area (Å²) in [7, 11) is 0. The largest absolute Gasteiger partial charge is 0.460 e. The van der Waals surface area contributed by atoms with Crippen molar-refractivity contribution in [3.63, 3.8) is 0 Å². The zero-order valence-corrected chi connectivity index (χ0v) is 45.4. The average Bonchev–Trinajstić information content (AvgIpc) is 3.63. The third kappa shape index (κ3) is 19.4. The molecule has 2 aliphatic rings. The second kappa shape index (κ2) is 26.3. The van der Waals surface area contributed by atoms with Crippen LogP contribution in [-0.2, 0) is 49.3 Å². The highest BCUT2D eigenvalue weighted by Crippen LogP contribution is 2.44. The molecule has 1 fully saturated rings. The van der Waals surface area contributed by atoms with Crippen LogP contribution in [0.5, 0.6) is 0 Å². The lowest BCUT2D eigenvalue weighted by Crippen LogP contribution is -2.53. The molecule has 0 aliphatic heterocycles. The molecular formula is C55H75BrN6O11. The zero-order chi connectivity index (χ0) is 53.5. The Morgan fingerprint density at radius 3 is 1.77 bits per heavy atom. The lowest BCUT2D eigenvalue weighted by Gasteiger charge is -2.29. The average molecular weight is 1080 g/mol. The smallest absolute Gasteiger partial charge is 0.407 e. The molecule has 0 saturated heterocycles. The van der Waals surface area contributed by atoms with E-state index in [-0.39, 0.29) is 62.5 Å². The highest BCUT2D eigenvalue weighted by molar-refractivity contribution is 9.10. The van der Waals surface area contributed by atoms with Crippen molar-refractivity contribution in [2.45, 2.75) is 167 Å². The number of carbonyl (C=O) groups is 7. The number of hydrogen-bond acceptors (Lipinski definition) is 12. The summed E-state index contributed by atoms with van der Waals surface area (Å²) in [5.41, 5.74) is 2.71. The minimum atomic E-state index is -1.23. The van der Waals surface area contributed by atoms with E-state index in [4.69, 9.17) is 18.9 Å². The summed E-state index contributed by atoms with van der Waals surface area (Å²) in [6.45, 7) is 16.2. The number of amides is 5. The number of esters is 3. The molecule has 2 aromatic carbocycles. The van der Waals surface area contributed by atoms with E-state index in [0.29, 0.717) is 50.8 Å². The first-order valence-corrected chi connectivity index (χ1v) is 26.2. The van der Waals surface area contributed by atoms with E-state index in [1.54, 1.807) is 74.6 Å². The number of nitrogens with zero attached hydrogens (tertiary/aromatic N) is 1. The molecular weight excluding hydrogens is 1000 g/mol. The standard InChI is InChI=1S/C55H75BrN6O11/c1-53(2,3)71-46(63)28-27-44(50(67)73-55(7,8)9)62-51(68)61-43(49(66)72-54(4,5)6)20-14-15-29-57-48(65)45(30-37-26-25-36(56)32-58-37)60-47(64)35-23-21-34(22-24-35)31-59-52(69)70-33-42-40-18-12-10-16-38(40)39-17-11-13-19-41(39)42/h10-13,16-19,25-26,32,34-35,42-45H,14-15,20-24,27-31,33H2,1-9H3,(H,57,65)(H,59,69)(H,60,64)(H2,61,62,68)/t34?,35?,43-,44-,45-/m0/s1. The fourth-order valence-electron chi connectivity index (χ4n) is 8.81. The van der Waals surface area contributed by atoms with Gasteiger partial charge < -0.3 is 45.5 Å². The van der Waals surface area contributed by atoms with E-state index in [2.05, 4.69) is 71.8 Å². The maximum Gasteiger partial charge on any atom is 0.407 e. The number of halogens is 1. The first-order chi connectivity index (χ1) is 34.3. The van der Waals surface area contributed by atoms with Crippen molar-refractivity contribution in [1.29, 1.82) is 0 Å². The van der Waals surface area contributed by atoms with Crippen LogP contribution in [0, 0.1) is 11.8 Å². The fraction of sp³-hybridized carbons (Fsp3) is 0.564. The molecule has 1 aromatic heterocycles. The van der Waals surface area contributed by atoms with Gasteiger partial charge in [-0.1, -0.05) is 48.5 Å². The monoisotopic (exact) mass is 1070 g/mol. The lowest BCUT2D eigenvalue weighted by molar-refractivity contribution is -0.159. The van der Waals surface area contributed by atoms with Crippen molar-refractivity contribution in [2.75, 3.05) is 19.7 Å². The zero-order valence-electron chi connectivity index (χ0n) is 43.8.